The van der Waals surface area contributed by atoms with Gasteiger partial charge in [-0.25, -0.2) is 9.37 Å². The second-order valence-electron chi connectivity index (χ2n) is 7.50. The number of hydrogen-bond donors (Lipinski definition) is 1. The van der Waals surface area contributed by atoms with Gasteiger partial charge in [0.2, 0.25) is 5.89 Å². The van der Waals surface area contributed by atoms with Gasteiger partial charge in [-0.05, 0) is 81.0 Å². The molecular weight excluding hydrogens is 395 g/mol. The molecule has 31 heavy (non-hydrogen) atoms. The molecule has 0 radical (unpaired) electrons. The lowest BCUT2D eigenvalue weighted by atomic mass is 10.1. The maximum atomic E-state index is 13.1. The lowest BCUT2D eigenvalue weighted by molar-refractivity contribution is 0.317. The van der Waals surface area contributed by atoms with Gasteiger partial charge < -0.3 is 14.1 Å². The summed E-state index contributed by atoms with van der Waals surface area (Å²) in [4.78, 5) is 6.81. The van der Waals surface area contributed by atoms with E-state index in [4.69, 9.17) is 9.15 Å². The predicted octanol–water partition coefficient (Wildman–Crippen LogP) is 4.94. The topological polar surface area (TPSA) is 67.2 Å². The fourth-order valence-electron chi connectivity index (χ4n) is 3.40. The Balaban J connectivity index is 1.26. The lowest BCUT2D eigenvalue weighted by Crippen LogP contribution is -2.19. The summed E-state index contributed by atoms with van der Waals surface area (Å²) in [6, 6.07) is 16.0. The van der Waals surface area contributed by atoms with Crippen molar-refractivity contribution in [2.45, 2.75) is 19.4 Å². The summed E-state index contributed by atoms with van der Waals surface area (Å²) >= 11 is 0. The SMILES string of the molecule is COc1ccc(-c2nc(CN(C)CCCc3cc(-c4ccc(F)cc4)n[nH]3)co2)cc1. The highest BCUT2D eigenvalue weighted by Gasteiger charge is 2.10. The second-order valence-corrected chi connectivity index (χ2v) is 7.50. The quantitative estimate of drug-likeness (QED) is 0.415. The lowest BCUT2D eigenvalue weighted by Gasteiger charge is -2.14. The molecule has 0 bridgehead atoms. The number of aromatic amines is 1. The molecule has 2 aromatic carbocycles. The van der Waals surface area contributed by atoms with Crippen molar-refractivity contribution in [2.24, 2.45) is 0 Å². The number of hydrogen-bond acceptors (Lipinski definition) is 5. The fourth-order valence-corrected chi connectivity index (χ4v) is 3.40. The van der Waals surface area contributed by atoms with Gasteiger partial charge in [0.15, 0.2) is 0 Å². The number of H-pyrrole nitrogens is 1. The molecule has 0 unspecified atom stereocenters. The zero-order valence-electron chi connectivity index (χ0n) is 17.6. The number of rotatable bonds is 9. The van der Waals surface area contributed by atoms with Crippen LogP contribution >= 0.6 is 0 Å². The van der Waals surface area contributed by atoms with Crippen LogP contribution in [0.25, 0.3) is 22.7 Å². The molecule has 6 nitrogen and oxygen atoms in total. The number of aryl methyl sites for hydroxylation is 1. The molecule has 0 saturated heterocycles. The van der Waals surface area contributed by atoms with E-state index in [0.717, 1.165) is 53.3 Å². The summed E-state index contributed by atoms with van der Waals surface area (Å²) in [6.45, 7) is 1.62. The Labute approximate surface area is 180 Å². The van der Waals surface area contributed by atoms with Gasteiger partial charge in [0.05, 0.1) is 18.5 Å². The minimum Gasteiger partial charge on any atom is -0.497 e. The number of halogens is 1. The van der Waals surface area contributed by atoms with Crippen molar-refractivity contribution in [2.75, 3.05) is 20.7 Å². The van der Waals surface area contributed by atoms with Crippen molar-refractivity contribution in [3.05, 3.63) is 78.1 Å². The van der Waals surface area contributed by atoms with Crippen LogP contribution in [0.3, 0.4) is 0 Å². The summed E-state index contributed by atoms with van der Waals surface area (Å²) in [7, 11) is 3.71. The van der Waals surface area contributed by atoms with E-state index in [-0.39, 0.29) is 5.82 Å². The van der Waals surface area contributed by atoms with Crippen LogP contribution in [0, 0.1) is 5.82 Å². The van der Waals surface area contributed by atoms with Crippen LogP contribution in [-0.4, -0.2) is 40.8 Å². The van der Waals surface area contributed by atoms with Crippen LogP contribution in [-0.2, 0) is 13.0 Å². The van der Waals surface area contributed by atoms with Crippen molar-refractivity contribution < 1.29 is 13.5 Å². The molecule has 0 aliphatic heterocycles. The molecule has 0 atom stereocenters. The third-order valence-electron chi connectivity index (χ3n) is 5.08. The van der Waals surface area contributed by atoms with Crippen LogP contribution in [0.15, 0.2) is 65.3 Å². The molecule has 0 amide bonds. The van der Waals surface area contributed by atoms with Crippen molar-refractivity contribution in [3.8, 4) is 28.5 Å². The van der Waals surface area contributed by atoms with Crippen molar-refractivity contribution in [1.29, 1.82) is 0 Å². The molecule has 0 saturated carbocycles. The average Bonchev–Trinajstić information content (AvgIpc) is 3.44. The first kappa shape index (κ1) is 20.8. The van der Waals surface area contributed by atoms with Gasteiger partial charge in [0.1, 0.15) is 17.8 Å². The first-order chi connectivity index (χ1) is 15.1. The van der Waals surface area contributed by atoms with Crippen LogP contribution in [0.2, 0.25) is 0 Å². The standard InChI is InChI=1S/C24H25FN4O2/c1-29(15-21-16-31-24(26-21)18-7-11-22(30-2)12-8-18)13-3-4-20-14-23(28-27-20)17-5-9-19(25)10-6-17/h5-12,14,16H,3-4,13,15H2,1-2H3,(H,27,28). The highest BCUT2D eigenvalue weighted by molar-refractivity contribution is 5.59. The van der Waals surface area contributed by atoms with Crippen molar-refractivity contribution in [3.63, 3.8) is 0 Å². The zero-order chi connectivity index (χ0) is 21.6. The molecule has 2 heterocycles. The first-order valence-electron chi connectivity index (χ1n) is 10.2. The van der Waals surface area contributed by atoms with Gasteiger partial charge in [0, 0.05) is 23.4 Å². The molecule has 0 aliphatic rings. The average molecular weight is 420 g/mol. The Morgan fingerprint density at radius 1 is 1.06 bits per heavy atom. The van der Waals surface area contributed by atoms with Gasteiger partial charge in [-0.15, -0.1) is 0 Å². The maximum absolute atomic E-state index is 13.1. The second kappa shape index (κ2) is 9.57. The summed E-state index contributed by atoms with van der Waals surface area (Å²) in [5.41, 5.74) is 4.62. The molecule has 1 N–H and O–H groups in total. The molecule has 0 spiro atoms. The minimum absolute atomic E-state index is 0.245. The Kier molecular flexibility index (Phi) is 6.43. The summed E-state index contributed by atoms with van der Waals surface area (Å²) < 4.78 is 23.9. The van der Waals surface area contributed by atoms with Crippen LogP contribution < -0.4 is 4.74 Å². The van der Waals surface area contributed by atoms with Crippen LogP contribution in [0.5, 0.6) is 5.75 Å². The third-order valence-corrected chi connectivity index (χ3v) is 5.08. The largest absolute Gasteiger partial charge is 0.497 e. The van der Waals surface area contributed by atoms with E-state index in [9.17, 15) is 4.39 Å². The molecule has 4 aromatic rings. The molecule has 4 rings (SSSR count). The van der Waals surface area contributed by atoms with E-state index in [2.05, 4.69) is 27.1 Å². The van der Waals surface area contributed by atoms with E-state index in [1.165, 1.54) is 12.1 Å². The monoisotopic (exact) mass is 420 g/mol. The maximum Gasteiger partial charge on any atom is 0.226 e. The van der Waals surface area contributed by atoms with Crippen LogP contribution in [0.4, 0.5) is 4.39 Å². The Bertz CT molecular complexity index is 1100. The Hall–Kier alpha value is -3.45. The van der Waals surface area contributed by atoms with Crippen molar-refractivity contribution in [1.82, 2.24) is 20.1 Å². The van der Waals surface area contributed by atoms with Gasteiger partial charge >= 0.3 is 0 Å². The summed E-state index contributed by atoms with van der Waals surface area (Å²) in [5.74, 6) is 1.17. The fraction of sp³-hybridized carbons (Fsp3) is 0.250. The normalized spacial score (nSPS) is 11.2. The number of oxazole rings is 1. The smallest absolute Gasteiger partial charge is 0.226 e. The predicted molar refractivity (Wildman–Crippen MR) is 117 cm³/mol. The van der Waals surface area contributed by atoms with Crippen LogP contribution in [0.1, 0.15) is 17.8 Å². The number of methoxy groups -OCH3 is 1. The number of nitrogens with zero attached hydrogens (tertiary/aromatic N) is 3. The highest BCUT2D eigenvalue weighted by atomic mass is 19.1. The van der Waals surface area contributed by atoms with Crippen molar-refractivity contribution >= 4 is 0 Å². The minimum atomic E-state index is -0.245. The number of nitrogens with one attached hydrogen (secondary N) is 1. The molecule has 0 fully saturated rings. The molecule has 2 aromatic heterocycles. The van der Waals surface area contributed by atoms with E-state index in [1.54, 1.807) is 25.5 Å². The van der Waals surface area contributed by atoms with Gasteiger partial charge in [-0.3, -0.25) is 5.10 Å². The number of benzene rings is 2. The molecule has 160 valence electrons. The molecule has 0 aliphatic carbocycles. The van der Waals surface area contributed by atoms with Gasteiger partial charge in [-0.1, -0.05) is 0 Å². The van der Waals surface area contributed by atoms with E-state index in [0.29, 0.717) is 12.4 Å². The van der Waals surface area contributed by atoms with E-state index >= 15 is 0 Å². The molecule has 7 heteroatoms. The van der Waals surface area contributed by atoms with E-state index < -0.39 is 0 Å². The Morgan fingerprint density at radius 2 is 1.81 bits per heavy atom. The first-order valence-corrected chi connectivity index (χ1v) is 10.2. The summed E-state index contributed by atoms with van der Waals surface area (Å²) in [6.07, 6.45) is 3.57. The number of aromatic nitrogens is 3. The van der Waals surface area contributed by atoms with E-state index in [1.807, 2.05) is 30.3 Å². The van der Waals surface area contributed by atoms with Gasteiger partial charge in [-0.2, -0.15) is 5.10 Å². The number of ether oxygens (including phenoxy) is 1. The third kappa shape index (κ3) is 5.38. The highest BCUT2D eigenvalue weighted by Crippen LogP contribution is 2.22. The zero-order valence-corrected chi connectivity index (χ0v) is 17.6. The molecular formula is C24H25FN4O2. The Morgan fingerprint density at radius 3 is 2.55 bits per heavy atom. The summed E-state index contributed by atoms with van der Waals surface area (Å²) in [5, 5.41) is 7.41. The van der Waals surface area contributed by atoms with Gasteiger partial charge in [0.25, 0.3) is 0 Å².